The van der Waals surface area contributed by atoms with E-state index in [0.29, 0.717) is 0 Å². The van der Waals surface area contributed by atoms with Crippen molar-refractivity contribution in [3.8, 4) is 0 Å². The molecule has 1 aliphatic heterocycles. The summed E-state index contributed by atoms with van der Waals surface area (Å²) < 4.78 is 0. The zero-order valence-corrected chi connectivity index (χ0v) is 18.7. The average molecular weight is 422 g/mol. The first-order valence-electron chi connectivity index (χ1n) is 11.2. The highest BCUT2D eigenvalue weighted by atomic mass is 16.3. The van der Waals surface area contributed by atoms with Gasteiger partial charge in [-0.25, -0.2) is 0 Å². The third-order valence-corrected chi connectivity index (χ3v) is 6.46. The quantitative estimate of drug-likeness (QED) is 0.473. The van der Waals surface area contributed by atoms with Gasteiger partial charge < -0.3 is 15.5 Å². The number of rotatable bonds is 3. The molecule has 0 aromatic heterocycles. The van der Waals surface area contributed by atoms with Crippen molar-refractivity contribution in [2.75, 3.05) is 0 Å². The van der Waals surface area contributed by atoms with E-state index in [0.717, 1.165) is 24.0 Å². The molecule has 3 rings (SSSR count). The lowest BCUT2D eigenvalue weighted by atomic mass is 9.75. The maximum Gasteiger partial charge on any atom is 0.227 e. The van der Waals surface area contributed by atoms with Crippen molar-refractivity contribution in [2.24, 2.45) is 23.7 Å². The minimum Gasteiger partial charge on any atom is -0.389 e. The zero-order valence-electron chi connectivity index (χ0n) is 18.7. The molecule has 31 heavy (non-hydrogen) atoms. The Morgan fingerprint density at radius 2 is 1.94 bits per heavy atom. The molecule has 1 fully saturated rings. The van der Waals surface area contributed by atoms with Crippen LogP contribution in [0.5, 0.6) is 0 Å². The second-order valence-corrected chi connectivity index (χ2v) is 8.86. The van der Waals surface area contributed by atoms with E-state index < -0.39 is 12.2 Å². The summed E-state index contributed by atoms with van der Waals surface area (Å²) in [5.74, 6) is -0.216. The van der Waals surface area contributed by atoms with Crippen LogP contribution in [-0.2, 0) is 4.79 Å². The van der Waals surface area contributed by atoms with Gasteiger partial charge in [0.25, 0.3) is 0 Å². The summed E-state index contributed by atoms with van der Waals surface area (Å²) in [4.78, 5) is 12.9. The average Bonchev–Trinajstić information content (AvgIpc) is 2.73. The Hall–Kier alpha value is -2.43. The van der Waals surface area contributed by atoms with E-state index in [2.05, 4.69) is 36.5 Å². The summed E-state index contributed by atoms with van der Waals surface area (Å²) in [7, 11) is 0. The molecule has 2 aliphatic carbocycles. The summed E-state index contributed by atoms with van der Waals surface area (Å²) in [6.45, 7) is 6.02. The van der Waals surface area contributed by atoms with E-state index in [1.165, 1.54) is 0 Å². The number of fused-ring (bicyclic) bond motifs is 2. The lowest BCUT2D eigenvalue weighted by Gasteiger charge is -2.35. The molecule has 1 amide bonds. The Labute approximate surface area is 186 Å². The molecule has 1 heterocycles. The molecule has 0 bridgehead atoms. The maximum atomic E-state index is 12.9. The summed E-state index contributed by atoms with van der Waals surface area (Å²) in [5.41, 5.74) is 2.08. The molecular formula is C27H35NO3. The van der Waals surface area contributed by atoms with Crippen LogP contribution in [0.2, 0.25) is 0 Å². The SMILES string of the molecule is C/C=C\C=CC[C@@H]1C[C@@H]2/C=C\C(C)=C/[C@H]3C=C[C@@H](O)[C@@H](O)[C@@H]3/C(C)=C\C=C/[C@H]2C(=O)N1. The fraction of sp³-hybridized carbons (Fsp3) is 0.444. The van der Waals surface area contributed by atoms with Crippen LogP contribution in [0.25, 0.3) is 0 Å². The smallest absolute Gasteiger partial charge is 0.227 e. The van der Waals surface area contributed by atoms with Gasteiger partial charge in [-0.2, -0.15) is 0 Å². The molecule has 166 valence electrons. The molecule has 7 atom stereocenters. The van der Waals surface area contributed by atoms with Crippen molar-refractivity contribution in [1.82, 2.24) is 5.32 Å². The molecule has 4 nitrogen and oxygen atoms in total. The molecule has 4 heteroatoms. The summed E-state index contributed by atoms with van der Waals surface area (Å²) in [5, 5.41) is 23.9. The van der Waals surface area contributed by atoms with E-state index in [4.69, 9.17) is 0 Å². The second kappa shape index (κ2) is 10.7. The number of allylic oxidation sites excluding steroid dienone is 10. The van der Waals surface area contributed by atoms with Gasteiger partial charge in [-0.05, 0) is 39.5 Å². The first kappa shape index (κ1) is 23.2. The maximum absolute atomic E-state index is 12.9. The summed E-state index contributed by atoms with van der Waals surface area (Å²) >= 11 is 0. The minimum absolute atomic E-state index is 0.0158. The Bertz CT molecular complexity index is 858. The van der Waals surface area contributed by atoms with E-state index in [1.54, 1.807) is 6.08 Å². The molecule has 0 saturated carbocycles. The second-order valence-electron chi connectivity index (χ2n) is 8.86. The number of carbonyl (C=O) groups is 1. The number of piperidine rings is 1. The molecule has 0 aromatic rings. The number of aliphatic hydroxyl groups excluding tert-OH is 2. The van der Waals surface area contributed by atoms with Gasteiger partial charge in [0.2, 0.25) is 5.91 Å². The fourth-order valence-electron chi connectivity index (χ4n) is 4.76. The van der Waals surface area contributed by atoms with E-state index in [-0.39, 0.29) is 35.6 Å². The Balaban J connectivity index is 1.88. The van der Waals surface area contributed by atoms with Gasteiger partial charge in [0.1, 0.15) is 0 Å². The molecular weight excluding hydrogens is 386 g/mol. The molecule has 0 aromatic carbocycles. The van der Waals surface area contributed by atoms with Crippen molar-refractivity contribution in [1.29, 1.82) is 0 Å². The van der Waals surface area contributed by atoms with E-state index in [1.807, 2.05) is 56.4 Å². The Kier molecular flexibility index (Phi) is 8.05. The van der Waals surface area contributed by atoms with Crippen LogP contribution < -0.4 is 5.32 Å². The van der Waals surface area contributed by atoms with Gasteiger partial charge in [0, 0.05) is 17.9 Å². The van der Waals surface area contributed by atoms with Crippen LogP contribution in [0.15, 0.2) is 84.1 Å². The third-order valence-electron chi connectivity index (χ3n) is 6.46. The first-order valence-corrected chi connectivity index (χ1v) is 11.2. The van der Waals surface area contributed by atoms with Crippen molar-refractivity contribution in [2.45, 2.75) is 51.9 Å². The first-order chi connectivity index (χ1) is 14.9. The number of amides is 1. The molecule has 0 radical (unpaired) electrons. The van der Waals surface area contributed by atoms with Gasteiger partial charge in [-0.15, -0.1) is 0 Å². The molecule has 3 N–H and O–H groups in total. The van der Waals surface area contributed by atoms with Crippen LogP contribution >= 0.6 is 0 Å². The summed E-state index contributed by atoms with van der Waals surface area (Å²) in [6, 6.07) is 0.130. The van der Waals surface area contributed by atoms with E-state index in [9.17, 15) is 15.0 Å². The van der Waals surface area contributed by atoms with Crippen LogP contribution in [-0.4, -0.2) is 34.4 Å². The molecule has 0 unspecified atom stereocenters. The largest absolute Gasteiger partial charge is 0.389 e. The van der Waals surface area contributed by atoms with Crippen LogP contribution in [0.3, 0.4) is 0 Å². The fourth-order valence-corrected chi connectivity index (χ4v) is 4.76. The standard InChI is InChI=1S/C27H35NO3/c1-4-5-6-7-10-22-17-20-13-12-18(2)16-21-14-15-24(29)26(30)25(21)19(3)9-8-11-23(20)27(31)28-22/h4-9,11-16,20-26,29-30H,10,17H2,1-3H3,(H,28,31)/b5-4-,7-6?,11-8-,13-12-,18-16-,19-9-/t20-,21+,22+,23+,24+,25+,26+/m0/s1. The predicted molar refractivity (Wildman–Crippen MR) is 126 cm³/mol. The van der Waals surface area contributed by atoms with Crippen molar-refractivity contribution in [3.63, 3.8) is 0 Å². The van der Waals surface area contributed by atoms with Crippen molar-refractivity contribution >= 4 is 5.91 Å². The van der Waals surface area contributed by atoms with Gasteiger partial charge in [-0.3, -0.25) is 4.79 Å². The van der Waals surface area contributed by atoms with Gasteiger partial charge in [-0.1, -0.05) is 84.1 Å². The highest BCUT2D eigenvalue weighted by Crippen LogP contribution is 2.34. The van der Waals surface area contributed by atoms with Crippen molar-refractivity contribution < 1.29 is 15.0 Å². The van der Waals surface area contributed by atoms with Gasteiger partial charge >= 0.3 is 0 Å². The molecule has 1 saturated heterocycles. The Morgan fingerprint density at radius 1 is 1.13 bits per heavy atom. The highest BCUT2D eigenvalue weighted by Gasteiger charge is 2.35. The molecule has 3 aliphatic rings. The van der Waals surface area contributed by atoms with Gasteiger partial charge in [0.05, 0.1) is 18.1 Å². The number of carbonyl (C=O) groups excluding carboxylic acids is 1. The van der Waals surface area contributed by atoms with E-state index >= 15 is 0 Å². The number of hydrogen-bond donors (Lipinski definition) is 3. The lowest BCUT2D eigenvalue weighted by Crippen LogP contribution is -2.47. The van der Waals surface area contributed by atoms with Crippen molar-refractivity contribution in [3.05, 3.63) is 84.1 Å². The summed E-state index contributed by atoms with van der Waals surface area (Å²) in [6.07, 6.45) is 24.0. The van der Waals surface area contributed by atoms with Crippen LogP contribution in [0.4, 0.5) is 0 Å². The normalized spacial score (nSPS) is 41.7. The van der Waals surface area contributed by atoms with Gasteiger partial charge in [0.15, 0.2) is 0 Å². The highest BCUT2D eigenvalue weighted by molar-refractivity contribution is 5.82. The van der Waals surface area contributed by atoms with Crippen LogP contribution in [0.1, 0.15) is 33.6 Å². The number of hydrogen-bond acceptors (Lipinski definition) is 3. The number of aliphatic hydroxyl groups is 2. The molecule has 0 spiro atoms. The monoisotopic (exact) mass is 421 g/mol. The Morgan fingerprint density at radius 3 is 2.71 bits per heavy atom. The predicted octanol–water partition coefficient (Wildman–Crippen LogP) is 4.17. The lowest BCUT2D eigenvalue weighted by molar-refractivity contribution is -0.127. The number of nitrogens with one attached hydrogen (secondary N) is 1. The topological polar surface area (TPSA) is 69.6 Å². The minimum atomic E-state index is -0.863. The van der Waals surface area contributed by atoms with Crippen LogP contribution in [0, 0.1) is 23.7 Å². The third kappa shape index (κ3) is 5.84. The zero-order chi connectivity index (χ0) is 22.4.